The zero-order valence-electron chi connectivity index (χ0n) is 8.41. The molecule has 0 aromatic rings. The van der Waals surface area contributed by atoms with Crippen LogP contribution in [0.1, 0.15) is 0 Å². The molecule has 1 saturated heterocycles. The summed E-state index contributed by atoms with van der Waals surface area (Å²) in [6.45, 7) is 3.88. The van der Waals surface area contributed by atoms with Crippen molar-refractivity contribution < 1.29 is 18.9 Å². The molecule has 0 saturated carbocycles. The van der Waals surface area contributed by atoms with Crippen molar-refractivity contribution in [3.8, 4) is 0 Å². The van der Waals surface area contributed by atoms with E-state index in [1.807, 2.05) is 0 Å². The summed E-state index contributed by atoms with van der Waals surface area (Å²) in [5.74, 6) is 0. The minimum atomic E-state index is 0.168. The van der Waals surface area contributed by atoms with Gasteiger partial charge in [0, 0.05) is 7.11 Å². The molecule has 0 bridgehead atoms. The standard InChI is InChI=1S/C9H17BrO4/c1-11-2-3-12-4-5-14-9-7-13-6-8(9)10/h8-9H,2-7H2,1H3. The van der Waals surface area contributed by atoms with Gasteiger partial charge in [0.05, 0.1) is 50.6 Å². The molecule has 1 rings (SSSR count). The van der Waals surface area contributed by atoms with E-state index < -0.39 is 0 Å². The van der Waals surface area contributed by atoms with E-state index in [2.05, 4.69) is 15.9 Å². The van der Waals surface area contributed by atoms with Crippen molar-refractivity contribution in [2.45, 2.75) is 10.9 Å². The van der Waals surface area contributed by atoms with Crippen LogP contribution in [0.5, 0.6) is 0 Å². The molecule has 2 unspecified atom stereocenters. The van der Waals surface area contributed by atoms with E-state index in [4.69, 9.17) is 18.9 Å². The van der Waals surface area contributed by atoms with Gasteiger partial charge in [0.15, 0.2) is 0 Å². The maximum Gasteiger partial charge on any atom is 0.0956 e. The second-order valence-electron chi connectivity index (χ2n) is 3.07. The zero-order chi connectivity index (χ0) is 10.2. The lowest BCUT2D eigenvalue weighted by Crippen LogP contribution is -2.24. The van der Waals surface area contributed by atoms with Crippen LogP contribution in [-0.4, -0.2) is 57.7 Å². The lowest BCUT2D eigenvalue weighted by atomic mass is 10.3. The molecule has 0 amide bonds. The summed E-state index contributed by atoms with van der Waals surface area (Å²) in [5, 5.41) is 0. The molecule has 0 aromatic heterocycles. The number of rotatable bonds is 7. The van der Waals surface area contributed by atoms with Gasteiger partial charge in [0.1, 0.15) is 0 Å². The summed E-state index contributed by atoms with van der Waals surface area (Å²) in [6, 6.07) is 0. The van der Waals surface area contributed by atoms with Gasteiger partial charge in [-0.1, -0.05) is 15.9 Å². The summed E-state index contributed by atoms with van der Waals surface area (Å²) in [6.07, 6.45) is 0.168. The lowest BCUT2D eigenvalue weighted by Gasteiger charge is -2.13. The Morgan fingerprint density at radius 1 is 1.21 bits per heavy atom. The van der Waals surface area contributed by atoms with E-state index in [1.54, 1.807) is 7.11 Å². The Morgan fingerprint density at radius 2 is 2.00 bits per heavy atom. The summed E-state index contributed by atoms with van der Waals surface area (Å²) < 4.78 is 20.9. The normalized spacial score (nSPS) is 27.0. The van der Waals surface area contributed by atoms with Gasteiger partial charge in [0.2, 0.25) is 0 Å². The van der Waals surface area contributed by atoms with Gasteiger partial charge < -0.3 is 18.9 Å². The Balaban J connectivity index is 1.88. The van der Waals surface area contributed by atoms with Crippen molar-refractivity contribution in [2.24, 2.45) is 0 Å². The van der Waals surface area contributed by atoms with Crippen LogP contribution >= 0.6 is 15.9 Å². The first-order valence-electron chi connectivity index (χ1n) is 4.74. The molecule has 1 aliphatic heterocycles. The van der Waals surface area contributed by atoms with E-state index in [1.165, 1.54) is 0 Å². The van der Waals surface area contributed by atoms with E-state index in [9.17, 15) is 0 Å². The maximum absolute atomic E-state index is 5.56. The quantitative estimate of drug-likeness (QED) is 0.506. The summed E-state index contributed by atoms with van der Waals surface area (Å²) >= 11 is 3.49. The van der Waals surface area contributed by atoms with Crippen molar-refractivity contribution in [2.75, 3.05) is 46.8 Å². The highest BCUT2D eigenvalue weighted by molar-refractivity contribution is 9.09. The molecule has 14 heavy (non-hydrogen) atoms. The van der Waals surface area contributed by atoms with Crippen molar-refractivity contribution in [3.05, 3.63) is 0 Å². The number of hydrogen-bond acceptors (Lipinski definition) is 4. The highest BCUT2D eigenvalue weighted by Gasteiger charge is 2.26. The fourth-order valence-electron chi connectivity index (χ4n) is 1.16. The Morgan fingerprint density at radius 3 is 2.64 bits per heavy atom. The van der Waals surface area contributed by atoms with Crippen LogP contribution in [-0.2, 0) is 18.9 Å². The molecular formula is C9H17BrO4. The number of methoxy groups -OCH3 is 1. The number of ether oxygens (including phenoxy) is 4. The maximum atomic E-state index is 5.56. The molecule has 84 valence electrons. The molecule has 1 aliphatic rings. The fourth-order valence-corrected chi connectivity index (χ4v) is 1.66. The van der Waals surface area contributed by atoms with Crippen molar-refractivity contribution in [1.29, 1.82) is 0 Å². The predicted molar refractivity (Wildman–Crippen MR) is 56.0 cm³/mol. The first kappa shape index (κ1) is 12.4. The number of hydrogen-bond donors (Lipinski definition) is 0. The molecule has 0 aromatic carbocycles. The van der Waals surface area contributed by atoms with Gasteiger partial charge in [-0.3, -0.25) is 0 Å². The smallest absolute Gasteiger partial charge is 0.0956 e. The van der Waals surface area contributed by atoms with E-state index in [0.29, 0.717) is 37.9 Å². The average molecular weight is 269 g/mol. The van der Waals surface area contributed by atoms with Crippen molar-refractivity contribution in [1.82, 2.24) is 0 Å². The van der Waals surface area contributed by atoms with Gasteiger partial charge in [0.25, 0.3) is 0 Å². The van der Waals surface area contributed by atoms with Crippen LogP contribution < -0.4 is 0 Å². The molecule has 0 radical (unpaired) electrons. The van der Waals surface area contributed by atoms with Crippen LogP contribution in [0.15, 0.2) is 0 Å². The minimum Gasteiger partial charge on any atom is -0.382 e. The van der Waals surface area contributed by atoms with Crippen LogP contribution in [0.3, 0.4) is 0 Å². The molecule has 1 heterocycles. The highest BCUT2D eigenvalue weighted by atomic mass is 79.9. The third-order valence-corrected chi connectivity index (χ3v) is 2.81. The number of halogens is 1. The molecule has 5 heteroatoms. The molecule has 0 N–H and O–H groups in total. The van der Waals surface area contributed by atoms with Gasteiger partial charge in [-0.15, -0.1) is 0 Å². The van der Waals surface area contributed by atoms with Crippen LogP contribution in [0.4, 0.5) is 0 Å². The van der Waals surface area contributed by atoms with Gasteiger partial charge in [-0.25, -0.2) is 0 Å². The second-order valence-corrected chi connectivity index (χ2v) is 4.24. The van der Waals surface area contributed by atoms with Gasteiger partial charge in [-0.05, 0) is 0 Å². The first-order chi connectivity index (χ1) is 6.84. The Bertz CT molecular complexity index is 145. The summed E-state index contributed by atoms with van der Waals surface area (Å²) in [5.41, 5.74) is 0. The van der Waals surface area contributed by atoms with Crippen LogP contribution in [0.25, 0.3) is 0 Å². The van der Waals surface area contributed by atoms with Gasteiger partial charge >= 0.3 is 0 Å². The average Bonchev–Trinajstić information content (AvgIpc) is 2.58. The molecule has 2 atom stereocenters. The van der Waals surface area contributed by atoms with E-state index in [0.717, 1.165) is 6.61 Å². The third-order valence-electron chi connectivity index (χ3n) is 1.95. The summed E-state index contributed by atoms with van der Waals surface area (Å²) in [7, 11) is 1.66. The second kappa shape index (κ2) is 7.59. The lowest BCUT2D eigenvalue weighted by molar-refractivity contribution is -0.00740. The zero-order valence-corrected chi connectivity index (χ0v) is 9.99. The Kier molecular flexibility index (Phi) is 6.72. The molecular weight excluding hydrogens is 252 g/mol. The fraction of sp³-hybridized carbons (Fsp3) is 1.00. The third kappa shape index (κ3) is 4.70. The monoisotopic (exact) mass is 268 g/mol. The van der Waals surface area contributed by atoms with Crippen molar-refractivity contribution >= 4 is 15.9 Å². The van der Waals surface area contributed by atoms with Crippen LogP contribution in [0.2, 0.25) is 0 Å². The van der Waals surface area contributed by atoms with E-state index >= 15 is 0 Å². The molecule has 4 nitrogen and oxygen atoms in total. The summed E-state index contributed by atoms with van der Waals surface area (Å²) in [4.78, 5) is 0.321. The topological polar surface area (TPSA) is 36.9 Å². The van der Waals surface area contributed by atoms with Gasteiger partial charge in [-0.2, -0.15) is 0 Å². The molecule has 0 aliphatic carbocycles. The minimum absolute atomic E-state index is 0.168. The largest absolute Gasteiger partial charge is 0.382 e. The molecule has 1 fully saturated rings. The van der Waals surface area contributed by atoms with E-state index in [-0.39, 0.29) is 6.10 Å². The first-order valence-corrected chi connectivity index (χ1v) is 5.66. The van der Waals surface area contributed by atoms with Crippen LogP contribution in [0, 0.1) is 0 Å². The Hall–Kier alpha value is 0.320. The van der Waals surface area contributed by atoms with Crippen molar-refractivity contribution in [3.63, 3.8) is 0 Å². The SMILES string of the molecule is COCCOCCOC1COCC1Br. The number of alkyl halides is 1. The predicted octanol–water partition coefficient (Wildman–Crippen LogP) is 0.828. The highest BCUT2D eigenvalue weighted by Crippen LogP contribution is 2.16. The molecule has 0 spiro atoms. The Labute approximate surface area is 93.0 Å².